The third-order valence-corrected chi connectivity index (χ3v) is 3.14. The maximum Gasteiger partial charge on any atom is 0.0723 e. The first-order valence-corrected chi connectivity index (χ1v) is 8.38. The van der Waals surface area contributed by atoms with Crippen LogP contribution in [0, 0.1) is 0 Å². The van der Waals surface area contributed by atoms with E-state index in [1.807, 2.05) is 37.3 Å². The minimum Gasteiger partial charge on any atom is -0.389 e. The van der Waals surface area contributed by atoms with Crippen molar-refractivity contribution in [3.63, 3.8) is 0 Å². The molecule has 2 N–H and O–H groups in total. The Balaban J connectivity index is 3.69. The van der Waals surface area contributed by atoms with E-state index in [9.17, 15) is 10.2 Å². The average molecular weight is 304 g/mol. The number of hydrogen-bond donors (Lipinski definition) is 2. The van der Waals surface area contributed by atoms with E-state index in [0.717, 1.165) is 38.5 Å². The predicted molar refractivity (Wildman–Crippen MR) is 96.8 cm³/mol. The lowest BCUT2D eigenvalue weighted by Crippen LogP contribution is -2.00. The molecule has 0 aromatic carbocycles. The molecule has 0 heterocycles. The lowest BCUT2D eigenvalue weighted by molar-refractivity contribution is 0.209. The second-order valence-electron chi connectivity index (χ2n) is 5.25. The van der Waals surface area contributed by atoms with Crippen molar-refractivity contribution in [1.29, 1.82) is 0 Å². The molecule has 0 fully saturated rings. The van der Waals surface area contributed by atoms with E-state index in [2.05, 4.69) is 31.2 Å². The van der Waals surface area contributed by atoms with Gasteiger partial charge in [-0.3, -0.25) is 0 Å². The van der Waals surface area contributed by atoms with Gasteiger partial charge in [-0.1, -0.05) is 87.4 Å². The second kappa shape index (κ2) is 16.0. The van der Waals surface area contributed by atoms with Gasteiger partial charge in [-0.05, 0) is 25.7 Å². The quantitative estimate of drug-likeness (QED) is 0.399. The first kappa shape index (κ1) is 20.6. The Bertz CT molecular complexity index is 375. The van der Waals surface area contributed by atoms with Gasteiger partial charge in [0.1, 0.15) is 0 Å². The largest absolute Gasteiger partial charge is 0.389 e. The van der Waals surface area contributed by atoms with Crippen LogP contribution in [0.1, 0.15) is 52.4 Å². The van der Waals surface area contributed by atoms with Gasteiger partial charge in [-0.25, -0.2) is 0 Å². The Morgan fingerprint density at radius 1 is 0.727 bits per heavy atom. The highest BCUT2D eigenvalue weighted by Gasteiger charge is 1.95. The number of hydrogen-bond acceptors (Lipinski definition) is 2. The minimum atomic E-state index is -0.334. The van der Waals surface area contributed by atoms with Crippen LogP contribution in [-0.2, 0) is 0 Å². The fourth-order valence-electron chi connectivity index (χ4n) is 1.69. The molecule has 2 nitrogen and oxygen atoms in total. The zero-order valence-electron chi connectivity index (χ0n) is 14.1. The Morgan fingerprint density at radius 2 is 1.27 bits per heavy atom. The first-order chi connectivity index (χ1) is 10.7. The molecule has 0 spiro atoms. The standard InChI is InChI=1S/C20H32O2/c1-3-5-16-20(22)18-15-13-11-9-7-6-8-10-12-14-17-19(21)4-2/h6-7,10-15,17-22H,3-5,8-9,16H2,1-2H3/b7-6-,12-10-,13-11-,17-14+,18-15+/t19-,20+/m1/s1. The molecule has 0 bridgehead atoms. The number of unbranched alkanes of at least 4 members (excludes halogenated alkanes) is 1. The summed E-state index contributed by atoms with van der Waals surface area (Å²) in [6, 6.07) is 0. The van der Waals surface area contributed by atoms with Crippen LogP contribution in [0.15, 0.2) is 60.8 Å². The van der Waals surface area contributed by atoms with Gasteiger partial charge in [-0.2, -0.15) is 0 Å². The molecule has 22 heavy (non-hydrogen) atoms. The van der Waals surface area contributed by atoms with Gasteiger partial charge in [0.15, 0.2) is 0 Å². The van der Waals surface area contributed by atoms with Crippen LogP contribution < -0.4 is 0 Å². The highest BCUT2D eigenvalue weighted by molar-refractivity contribution is 5.09. The zero-order valence-corrected chi connectivity index (χ0v) is 14.1. The van der Waals surface area contributed by atoms with Crippen LogP contribution in [0.25, 0.3) is 0 Å². The fraction of sp³-hybridized carbons (Fsp3) is 0.500. The molecule has 0 rings (SSSR count). The number of aliphatic hydroxyl groups is 2. The van der Waals surface area contributed by atoms with Crippen molar-refractivity contribution in [2.75, 3.05) is 0 Å². The van der Waals surface area contributed by atoms with Gasteiger partial charge in [0.2, 0.25) is 0 Å². The molecule has 0 amide bonds. The van der Waals surface area contributed by atoms with E-state index in [0.29, 0.717) is 0 Å². The van der Waals surface area contributed by atoms with Crippen molar-refractivity contribution in [2.45, 2.75) is 64.6 Å². The van der Waals surface area contributed by atoms with Gasteiger partial charge in [0.25, 0.3) is 0 Å². The molecule has 0 saturated heterocycles. The summed E-state index contributed by atoms with van der Waals surface area (Å²) >= 11 is 0. The Hall–Kier alpha value is -1.38. The van der Waals surface area contributed by atoms with Crippen LogP contribution in [0.2, 0.25) is 0 Å². The van der Waals surface area contributed by atoms with E-state index in [1.165, 1.54) is 0 Å². The third kappa shape index (κ3) is 15.0. The summed E-state index contributed by atoms with van der Waals surface area (Å²) in [5, 5.41) is 18.9. The lowest BCUT2D eigenvalue weighted by Gasteiger charge is -2.01. The Morgan fingerprint density at radius 3 is 1.77 bits per heavy atom. The van der Waals surface area contributed by atoms with E-state index >= 15 is 0 Å². The van der Waals surface area contributed by atoms with Crippen LogP contribution in [0.4, 0.5) is 0 Å². The molecule has 0 aromatic rings. The number of allylic oxidation sites excluding steroid dienone is 8. The van der Waals surface area contributed by atoms with E-state index in [1.54, 1.807) is 6.08 Å². The molecule has 2 heteroatoms. The SMILES string of the molecule is CCCC[C@H](O)/C=C/C=C\C/C=C\C/C=C\C=C\[C@H](O)CC. The maximum atomic E-state index is 9.61. The van der Waals surface area contributed by atoms with Gasteiger partial charge in [-0.15, -0.1) is 0 Å². The van der Waals surface area contributed by atoms with Crippen LogP contribution in [0.5, 0.6) is 0 Å². The molecular formula is C20H32O2. The summed E-state index contributed by atoms with van der Waals surface area (Å²) in [5.41, 5.74) is 0. The van der Waals surface area contributed by atoms with Gasteiger partial charge in [0, 0.05) is 0 Å². The summed E-state index contributed by atoms with van der Waals surface area (Å²) in [6.45, 7) is 4.08. The highest BCUT2D eigenvalue weighted by Crippen LogP contribution is 2.01. The summed E-state index contributed by atoms with van der Waals surface area (Å²) in [4.78, 5) is 0. The van der Waals surface area contributed by atoms with E-state index < -0.39 is 0 Å². The maximum absolute atomic E-state index is 9.61. The Kier molecular flexibility index (Phi) is 15.0. The van der Waals surface area contributed by atoms with Gasteiger partial charge < -0.3 is 10.2 Å². The third-order valence-electron chi connectivity index (χ3n) is 3.14. The first-order valence-electron chi connectivity index (χ1n) is 8.38. The smallest absolute Gasteiger partial charge is 0.0723 e. The monoisotopic (exact) mass is 304 g/mol. The predicted octanol–water partition coefficient (Wildman–Crippen LogP) is 4.87. The summed E-state index contributed by atoms with van der Waals surface area (Å²) < 4.78 is 0. The molecule has 2 atom stereocenters. The molecule has 0 aliphatic rings. The van der Waals surface area contributed by atoms with E-state index in [-0.39, 0.29) is 12.2 Å². The summed E-state index contributed by atoms with van der Waals surface area (Å²) in [7, 11) is 0. The van der Waals surface area contributed by atoms with E-state index in [4.69, 9.17) is 0 Å². The van der Waals surface area contributed by atoms with Gasteiger partial charge >= 0.3 is 0 Å². The molecule has 124 valence electrons. The molecule has 0 aliphatic heterocycles. The molecule has 0 saturated carbocycles. The molecule has 0 unspecified atom stereocenters. The fourth-order valence-corrected chi connectivity index (χ4v) is 1.69. The zero-order chi connectivity index (χ0) is 16.5. The highest BCUT2D eigenvalue weighted by atomic mass is 16.3. The number of rotatable bonds is 12. The average Bonchev–Trinajstić information content (AvgIpc) is 2.53. The van der Waals surface area contributed by atoms with Crippen LogP contribution in [-0.4, -0.2) is 22.4 Å². The van der Waals surface area contributed by atoms with Crippen molar-refractivity contribution in [1.82, 2.24) is 0 Å². The topological polar surface area (TPSA) is 40.5 Å². The molecule has 0 radical (unpaired) electrons. The van der Waals surface area contributed by atoms with Crippen molar-refractivity contribution >= 4 is 0 Å². The molecule has 0 aromatic heterocycles. The van der Waals surface area contributed by atoms with Gasteiger partial charge in [0.05, 0.1) is 12.2 Å². The van der Waals surface area contributed by atoms with Crippen molar-refractivity contribution in [2.24, 2.45) is 0 Å². The summed E-state index contributed by atoms with van der Waals surface area (Å²) in [5.74, 6) is 0. The molecule has 0 aliphatic carbocycles. The van der Waals surface area contributed by atoms with Crippen LogP contribution >= 0.6 is 0 Å². The molecular weight excluding hydrogens is 272 g/mol. The number of aliphatic hydroxyl groups excluding tert-OH is 2. The van der Waals surface area contributed by atoms with Crippen molar-refractivity contribution < 1.29 is 10.2 Å². The lowest BCUT2D eigenvalue weighted by atomic mass is 10.1. The van der Waals surface area contributed by atoms with Crippen molar-refractivity contribution in [3.8, 4) is 0 Å². The summed E-state index contributed by atoms with van der Waals surface area (Å²) in [6.07, 6.45) is 24.7. The second-order valence-corrected chi connectivity index (χ2v) is 5.25. The normalized spacial score (nSPS) is 16.0. The Labute approximate surface area is 136 Å². The van der Waals surface area contributed by atoms with Crippen molar-refractivity contribution in [3.05, 3.63) is 60.8 Å². The van der Waals surface area contributed by atoms with Crippen LogP contribution in [0.3, 0.4) is 0 Å². The minimum absolute atomic E-state index is 0.315.